The van der Waals surface area contributed by atoms with Crippen molar-refractivity contribution in [3.63, 3.8) is 0 Å². The largest absolute Gasteiger partial charge is 0.380 e. The number of rotatable bonds is 6. The van der Waals surface area contributed by atoms with E-state index >= 15 is 0 Å². The molecule has 0 saturated carbocycles. The molecule has 0 aliphatic rings. The van der Waals surface area contributed by atoms with E-state index in [-0.39, 0.29) is 0 Å². The van der Waals surface area contributed by atoms with Crippen LogP contribution in [0.25, 0.3) is 5.65 Å². The zero-order valence-corrected chi connectivity index (χ0v) is 12.1. The van der Waals surface area contributed by atoms with E-state index in [1.165, 1.54) is 11.1 Å². The van der Waals surface area contributed by atoms with E-state index in [1.807, 2.05) is 28.8 Å². The Hall–Kier alpha value is -2.17. The van der Waals surface area contributed by atoms with Gasteiger partial charge in [0.1, 0.15) is 5.65 Å². The molecule has 2 heterocycles. The topological polar surface area (TPSA) is 38.6 Å². The van der Waals surface area contributed by atoms with Crippen LogP contribution in [0.1, 0.15) is 16.8 Å². The molecular formula is C17H19N3O. The number of benzene rings is 1. The van der Waals surface area contributed by atoms with Gasteiger partial charge in [-0.2, -0.15) is 0 Å². The lowest BCUT2D eigenvalue weighted by Crippen LogP contribution is -2.13. The highest BCUT2D eigenvalue weighted by Crippen LogP contribution is 2.07. The minimum atomic E-state index is 0.653. The lowest BCUT2D eigenvalue weighted by Gasteiger charge is -2.05. The second kappa shape index (κ2) is 6.52. The molecule has 0 unspecified atom stereocenters. The molecule has 1 N–H and O–H groups in total. The number of hydrogen-bond donors (Lipinski definition) is 1. The van der Waals surface area contributed by atoms with Gasteiger partial charge in [0.2, 0.25) is 0 Å². The summed E-state index contributed by atoms with van der Waals surface area (Å²) in [6.45, 7) is 2.24. The van der Waals surface area contributed by atoms with Gasteiger partial charge in [-0.15, -0.1) is 0 Å². The molecule has 0 amide bonds. The van der Waals surface area contributed by atoms with E-state index in [1.54, 1.807) is 7.11 Å². The second-order valence-electron chi connectivity index (χ2n) is 5.05. The van der Waals surface area contributed by atoms with Crippen molar-refractivity contribution < 1.29 is 4.74 Å². The Kier molecular flexibility index (Phi) is 4.28. The first-order chi connectivity index (χ1) is 10.3. The lowest BCUT2D eigenvalue weighted by atomic mass is 10.1. The van der Waals surface area contributed by atoms with Crippen molar-refractivity contribution in [1.82, 2.24) is 14.7 Å². The number of methoxy groups -OCH3 is 1. The van der Waals surface area contributed by atoms with Crippen molar-refractivity contribution in [2.75, 3.05) is 7.11 Å². The monoisotopic (exact) mass is 281 g/mol. The number of fused-ring (bicyclic) bond motifs is 1. The fraction of sp³-hybridized carbons (Fsp3) is 0.235. The van der Waals surface area contributed by atoms with Crippen molar-refractivity contribution in [3.8, 4) is 0 Å². The van der Waals surface area contributed by atoms with Crippen LogP contribution < -0.4 is 5.32 Å². The van der Waals surface area contributed by atoms with Crippen LogP contribution in [0.15, 0.2) is 54.9 Å². The minimum absolute atomic E-state index is 0.653. The van der Waals surface area contributed by atoms with Gasteiger partial charge in [0.25, 0.3) is 0 Å². The molecule has 21 heavy (non-hydrogen) atoms. The molecule has 3 aromatic rings. The number of nitrogens with one attached hydrogen (secondary N) is 1. The third-order valence-corrected chi connectivity index (χ3v) is 3.35. The van der Waals surface area contributed by atoms with Gasteiger partial charge in [0.15, 0.2) is 0 Å². The van der Waals surface area contributed by atoms with Gasteiger partial charge >= 0.3 is 0 Å². The summed E-state index contributed by atoms with van der Waals surface area (Å²) in [6, 6.07) is 14.5. The normalized spacial score (nSPS) is 11.1. The summed E-state index contributed by atoms with van der Waals surface area (Å²) in [4.78, 5) is 4.57. The van der Waals surface area contributed by atoms with E-state index < -0.39 is 0 Å². The minimum Gasteiger partial charge on any atom is -0.380 e. The molecule has 0 saturated heterocycles. The summed E-state index contributed by atoms with van der Waals surface area (Å²) >= 11 is 0. The molecular weight excluding hydrogens is 262 g/mol. The Morgan fingerprint density at radius 1 is 1.10 bits per heavy atom. The molecule has 108 valence electrons. The number of hydrogen-bond acceptors (Lipinski definition) is 3. The lowest BCUT2D eigenvalue weighted by molar-refractivity contribution is 0.185. The average molecular weight is 281 g/mol. The maximum absolute atomic E-state index is 5.16. The predicted molar refractivity (Wildman–Crippen MR) is 82.9 cm³/mol. The molecule has 0 fully saturated rings. The first-order valence-electron chi connectivity index (χ1n) is 7.05. The van der Waals surface area contributed by atoms with Gasteiger partial charge in [-0.1, -0.05) is 30.3 Å². The van der Waals surface area contributed by atoms with Crippen LogP contribution in [-0.2, 0) is 24.4 Å². The number of ether oxygens (including phenoxy) is 1. The maximum Gasteiger partial charge on any atom is 0.137 e. The van der Waals surface area contributed by atoms with E-state index in [0.29, 0.717) is 6.61 Å². The summed E-state index contributed by atoms with van der Waals surface area (Å²) < 4.78 is 7.20. The zero-order valence-electron chi connectivity index (χ0n) is 12.1. The van der Waals surface area contributed by atoms with Gasteiger partial charge in [-0.3, -0.25) is 0 Å². The zero-order chi connectivity index (χ0) is 14.5. The Morgan fingerprint density at radius 3 is 2.86 bits per heavy atom. The van der Waals surface area contributed by atoms with Crippen LogP contribution >= 0.6 is 0 Å². The molecule has 4 nitrogen and oxygen atoms in total. The fourth-order valence-electron chi connectivity index (χ4n) is 2.40. The van der Waals surface area contributed by atoms with Crippen molar-refractivity contribution in [2.24, 2.45) is 0 Å². The first kappa shape index (κ1) is 13.8. The third-order valence-electron chi connectivity index (χ3n) is 3.35. The highest BCUT2D eigenvalue weighted by molar-refractivity contribution is 5.39. The Balaban J connectivity index is 1.59. The molecule has 0 atom stereocenters. The van der Waals surface area contributed by atoms with E-state index in [0.717, 1.165) is 24.4 Å². The number of pyridine rings is 1. The summed E-state index contributed by atoms with van der Waals surface area (Å²) in [5, 5.41) is 3.43. The first-order valence-corrected chi connectivity index (χ1v) is 7.05. The van der Waals surface area contributed by atoms with Crippen molar-refractivity contribution in [3.05, 3.63) is 71.7 Å². The third kappa shape index (κ3) is 3.48. The summed E-state index contributed by atoms with van der Waals surface area (Å²) in [6.07, 6.45) is 4.07. The highest BCUT2D eigenvalue weighted by Gasteiger charge is 2.01. The Morgan fingerprint density at radius 2 is 2.00 bits per heavy atom. The summed E-state index contributed by atoms with van der Waals surface area (Å²) in [7, 11) is 1.72. The van der Waals surface area contributed by atoms with Crippen molar-refractivity contribution >= 4 is 5.65 Å². The number of aromatic nitrogens is 2. The molecule has 0 radical (unpaired) electrons. The van der Waals surface area contributed by atoms with Crippen molar-refractivity contribution in [1.29, 1.82) is 0 Å². The van der Waals surface area contributed by atoms with Crippen LogP contribution in [-0.4, -0.2) is 16.5 Å². The van der Waals surface area contributed by atoms with Crippen LogP contribution in [0.3, 0.4) is 0 Å². The van der Waals surface area contributed by atoms with E-state index in [4.69, 9.17) is 4.74 Å². The molecule has 4 heteroatoms. The van der Waals surface area contributed by atoms with Crippen LogP contribution in [0, 0.1) is 0 Å². The van der Waals surface area contributed by atoms with Gasteiger partial charge in [-0.05, 0) is 23.3 Å². The van der Waals surface area contributed by atoms with Gasteiger partial charge < -0.3 is 14.5 Å². The highest BCUT2D eigenvalue weighted by atomic mass is 16.5. The molecule has 0 bridgehead atoms. The molecule has 2 aromatic heterocycles. The summed E-state index contributed by atoms with van der Waals surface area (Å²) in [5.41, 5.74) is 4.49. The maximum atomic E-state index is 5.16. The quantitative estimate of drug-likeness (QED) is 0.755. The van der Waals surface area contributed by atoms with Gasteiger partial charge in [0, 0.05) is 32.6 Å². The van der Waals surface area contributed by atoms with Crippen LogP contribution in [0.4, 0.5) is 0 Å². The standard InChI is InChI=1S/C17H19N3O/c1-21-13-15-6-4-5-14(9-15)10-18-11-16-12-20-8-3-2-7-17(20)19-16/h2-9,12,18H,10-11,13H2,1H3. The average Bonchev–Trinajstić information content (AvgIpc) is 2.91. The Bertz CT molecular complexity index is 688. The number of nitrogens with zero attached hydrogens (tertiary/aromatic N) is 2. The Labute approximate surface area is 124 Å². The van der Waals surface area contributed by atoms with E-state index in [2.05, 4.69) is 40.8 Å². The van der Waals surface area contributed by atoms with Crippen LogP contribution in [0.5, 0.6) is 0 Å². The van der Waals surface area contributed by atoms with Crippen molar-refractivity contribution in [2.45, 2.75) is 19.7 Å². The SMILES string of the molecule is COCc1cccc(CNCc2cn3ccccc3n2)c1. The summed E-state index contributed by atoms with van der Waals surface area (Å²) in [5.74, 6) is 0. The number of imidazole rings is 1. The smallest absolute Gasteiger partial charge is 0.137 e. The fourth-order valence-corrected chi connectivity index (χ4v) is 2.40. The van der Waals surface area contributed by atoms with Gasteiger partial charge in [-0.25, -0.2) is 4.98 Å². The van der Waals surface area contributed by atoms with E-state index in [9.17, 15) is 0 Å². The molecule has 0 aliphatic heterocycles. The molecule has 0 aliphatic carbocycles. The molecule has 0 spiro atoms. The predicted octanol–water partition coefficient (Wildman–Crippen LogP) is 2.77. The van der Waals surface area contributed by atoms with Gasteiger partial charge in [0.05, 0.1) is 12.3 Å². The second-order valence-corrected chi connectivity index (χ2v) is 5.05. The van der Waals surface area contributed by atoms with Crippen LogP contribution in [0.2, 0.25) is 0 Å². The molecule has 1 aromatic carbocycles. The molecule has 3 rings (SSSR count).